The Morgan fingerprint density at radius 3 is 2.95 bits per heavy atom. The zero-order valence-corrected chi connectivity index (χ0v) is 12.2. The Balaban J connectivity index is 2.29. The minimum atomic E-state index is -0.269. The molecule has 0 unspecified atom stereocenters. The van der Waals surface area contributed by atoms with E-state index in [1.807, 2.05) is 6.92 Å². The van der Waals surface area contributed by atoms with E-state index in [1.165, 1.54) is 6.26 Å². The van der Waals surface area contributed by atoms with Gasteiger partial charge in [-0.05, 0) is 24.3 Å². The highest BCUT2D eigenvalue weighted by Gasteiger charge is 2.14. The highest BCUT2D eigenvalue weighted by Crippen LogP contribution is 2.21. The second-order valence-electron chi connectivity index (χ2n) is 4.21. The van der Waals surface area contributed by atoms with Gasteiger partial charge < -0.3 is 14.8 Å². The third-order valence-electron chi connectivity index (χ3n) is 2.84. The number of rotatable bonds is 3. The smallest absolute Gasteiger partial charge is 0.259 e. The molecular weight excluding hydrogens is 290 g/mol. The lowest BCUT2D eigenvalue weighted by molar-refractivity contribution is 0.102. The first-order chi connectivity index (χ1) is 10.2. The van der Waals surface area contributed by atoms with Crippen LogP contribution in [-0.2, 0) is 6.42 Å². The fourth-order valence-electron chi connectivity index (χ4n) is 1.87. The van der Waals surface area contributed by atoms with E-state index in [0.29, 0.717) is 34.0 Å². The number of aryl methyl sites for hydroxylation is 1. The quantitative estimate of drug-likeness (QED) is 0.857. The average Bonchev–Trinajstić information content (AvgIpc) is 2.96. The number of hydrogen-bond acceptors (Lipinski definition) is 3. The molecule has 1 amide bonds. The van der Waals surface area contributed by atoms with E-state index in [4.69, 9.17) is 21.1 Å². The van der Waals surface area contributed by atoms with Gasteiger partial charge in [0.15, 0.2) is 0 Å². The molecular formula is C16H14ClNO3. The van der Waals surface area contributed by atoms with Crippen LogP contribution in [0.1, 0.15) is 28.6 Å². The van der Waals surface area contributed by atoms with Gasteiger partial charge in [0.2, 0.25) is 0 Å². The molecule has 0 atom stereocenters. The lowest BCUT2D eigenvalue weighted by atomic mass is 10.1. The summed E-state index contributed by atoms with van der Waals surface area (Å²) in [6, 6.07) is 6.60. The van der Waals surface area contributed by atoms with Crippen molar-refractivity contribution in [2.75, 3.05) is 11.9 Å². The molecule has 1 heterocycles. The minimum Gasteiger partial charge on any atom is -0.469 e. The molecule has 4 nitrogen and oxygen atoms in total. The maximum Gasteiger partial charge on any atom is 0.259 e. The van der Waals surface area contributed by atoms with E-state index in [0.717, 1.165) is 0 Å². The molecule has 2 aromatic rings. The van der Waals surface area contributed by atoms with Crippen molar-refractivity contribution < 1.29 is 14.3 Å². The number of carbonyl (C=O) groups is 1. The summed E-state index contributed by atoms with van der Waals surface area (Å²) in [5, 5.41) is 12.1. The molecule has 0 aliphatic heterocycles. The molecule has 0 saturated carbocycles. The predicted octanol–water partition coefficient (Wildman–Crippen LogP) is 3.09. The predicted molar refractivity (Wildman–Crippen MR) is 81.5 cm³/mol. The molecule has 0 aliphatic carbocycles. The van der Waals surface area contributed by atoms with Gasteiger partial charge in [-0.2, -0.15) is 0 Å². The van der Waals surface area contributed by atoms with E-state index >= 15 is 0 Å². The second kappa shape index (κ2) is 6.98. The molecule has 0 saturated heterocycles. The van der Waals surface area contributed by atoms with Crippen molar-refractivity contribution >= 4 is 23.2 Å². The number of amides is 1. The van der Waals surface area contributed by atoms with E-state index < -0.39 is 0 Å². The molecule has 21 heavy (non-hydrogen) atoms. The van der Waals surface area contributed by atoms with Crippen molar-refractivity contribution in [1.82, 2.24) is 0 Å². The third kappa shape index (κ3) is 3.66. The first-order valence-corrected chi connectivity index (χ1v) is 6.80. The third-order valence-corrected chi connectivity index (χ3v) is 3.08. The van der Waals surface area contributed by atoms with Gasteiger partial charge in [0, 0.05) is 17.0 Å². The average molecular weight is 304 g/mol. The maximum absolute atomic E-state index is 12.3. The number of carbonyl (C=O) groups excluding carboxylic acids is 1. The SMILES string of the molecule is CCc1occc1C(=O)Nc1ccc(Cl)cc1C#CCO. The maximum atomic E-state index is 12.3. The molecule has 0 aliphatic rings. The molecule has 0 fully saturated rings. The zero-order valence-electron chi connectivity index (χ0n) is 11.4. The Morgan fingerprint density at radius 1 is 1.43 bits per heavy atom. The van der Waals surface area contributed by atoms with Crippen LogP contribution in [0.3, 0.4) is 0 Å². The first-order valence-electron chi connectivity index (χ1n) is 6.42. The van der Waals surface area contributed by atoms with E-state index in [1.54, 1.807) is 24.3 Å². The number of furan rings is 1. The number of halogens is 1. The zero-order chi connectivity index (χ0) is 15.2. The highest BCUT2D eigenvalue weighted by atomic mass is 35.5. The first kappa shape index (κ1) is 15.2. The highest BCUT2D eigenvalue weighted by molar-refractivity contribution is 6.30. The van der Waals surface area contributed by atoms with Crippen LogP contribution in [0.15, 0.2) is 34.9 Å². The summed E-state index contributed by atoms with van der Waals surface area (Å²) in [6.07, 6.45) is 2.12. The molecule has 108 valence electrons. The van der Waals surface area contributed by atoms with Crippen LogP contribution in [0.25, 0.3) is 0 Å². The van der Waals surface area contributed by atoms with Crippen molar-refractivity contribution in [3.8, 4) is 11.8 Å². The Bertz CT molecular complexity index is 710. The number of benzene rings is 1. The number of aliphatic hydroxyl groups excluding tert-OH is 1. The second-order valence-corrected chi connectivity index (χ2v) is 4.65. The van der Waals surface area contributed by atoms with Crippen LogP contribution < -0.4 is 5.32 Å². The van der Waals surface area contributed by atoms with Crippen molar-refractivity contribution in [2.24, 2.45) is 0 Å². The molecule has 2 rings (SSSR count). The lowest BCUT2D eigenvalue weighted by Crippen LogP contribution is -2.13. The van der Waals surface area contributed by atoms with Crippen LogP contribution in [0.5, 0.6) is 0 Å². The summed E-state index contributed by atoms with van der Waals surface area (Å²) in [7, 11) is 0. The summed E-state index contributed by atoms with van der Waals surface area (Å²) >= 11 is 5.92. The summed E-state index contributed by atoms with van der Waals surface area (Å²) in [4.78, 5) is 12.3. The van der Waals surface area contributed by atoms with Gasteiger partial charge in [0.1, 0.15) is 12.4 Å². The van der Waals surface area contributed by atoms with Gasteiger partial charge in [-0.15, -0.1) is 0 Å². The topological polar surface area (TPSA) is 62.5 Å². The van der Waals surface area contributed by atoms with Gasteiger partial charge in [-0.1, -0.05) is 30.4 Å². The van der Waals surface area contributed by atoms with E-state index in [-0.39, 0.29) is 12.5 Å². The van der Waals surface area contributed by atoms with E-state index in [9.17, 15) is 4.79 Å². The molecule has 2 N–H and O–H groups in total. The lowest BCUT2D eigenvalue weighted by Gasteiger charge is -2.08. The summed E-state index contributed by atoms with van der Waals surface area (Å²) in [6.45, 7) is 1.65. The Hall–Kier alpha value is -2.22. The summed E-state index contributed by atoms with van der Waals surface area (Å²) in [5.41, 5.74) is 1.58. The van der Waals surface area contributed by atoms with Gasteiger partial charge in [-0.3, -0.25) is 4.79 Å². The van der Waals surface area contributed by atoms with Gasteiger partial charge in [0.25, 0.3) is 5.91 Å². The van der Waals surface area contributed by atoms with Crippen molar-refractivity contribution in [3.63, 3.8) is 0 Å². The van der Waals surface area contributed by atoms with Crippen LogP contribution in [0.4, 0.5) is 5.69 Å². The van der Waals surface area contributed by atoms with Gasteiger partial charge in [0.05, 0.1) is 17.5 Å². The normalized spacial score (nSPS) is 9.86. The Labute approximate surface area is 127 Å². The number of anilines is 1. The Kier molecular flexibility index (Phi) is 5.04. The fourth-order valence-corrected chi connectivity index (χ4v) is 2.04. The van der Waals surface area contributed by atoms with E-state index in [2.05, 4.69) is 17.2 Å². The Morgan fingerprint density at radius 2 is 2.24 bits per heavy atom. The number of nitrogens with one attached hydrogen (secondary N) is 1. The van der Waals surface area contributed by atoms with Crippen molar-refractivity contribution in [1.29, 1.82) is 0 Å². The van der Waals surface area contributed by atoms with Crippen LogP contribution in [0, 0.1) is 11.8 Å². The number of aliphatic hydroxyl groups is 1. The van der Waals surface area contributed by atoms with Crippen LogP contribution in [0.2, 0.25) is 5.02 Å². The standard InChI is InChI=1S/C16H14ClNO3/c1-2-15-13(7-9-21-15)16(20)18-14-6-5-12(17)10-11(14)4-3-8-19/h5-7,9-10,19H,2,8H2,1H3,(H,18,20). The molecule has 0 bridgehead atoms. The van der Waals surface area contributed by atoms with Gasteiger partial charge in [-0.25, -0.2) is 0 Å². The summed E-state index contributed by atoms with van der Waals surface area (Å²) in [5.74, 6) is 5.66. The fraction of sp³-hybridized carbons (Fsp3) is 0.188. The molecule has 5 heteroatoms. The van der Waals surface area contributed by atoms with Crippen LogP contribution in [-0.4, -0.2) is 17.6 Å². The minimum absolute atomic E-state index is 0.262. The largest absolute Gasteiger partial charge is 0.469 e. The van der Waals surface area contributed by atoms with Gasteiger partial charge >= 0.3 is 0 Å². The molecule has 0 radical (unpaired) electrons. The van der Waals surface area contributed by atoms with Crippen molar-refractivity contribution in [2.45, 2.75) is 13.3 Å². The molecule has 0 spiro atoms. The molecule has 1 aromatic carbocycles. The number of hydrogen-bond donors (Lipinski definition) is 2. The van der Waals surface area contributed by atoms with Crippen molar-refractivity contribution in [3.05, 3.63) is 52.4 Å². The monoisotopic (exact) mass is 303 g/mol. The van der Waals surface area contributed by atoms with Crippen LogP contribution >= 0.6 is 11.6 Å². The molecule has 1 aromatic heterocycles. The summed E-state index contributed by atoms with van der Waals surface area (Å²) < 4.78 is 5.24.